The summed E-state index contributed by atoms with van der Waals surface area (Å²) in [7, 11) is 0. The van der Waals surface area contributed by atoms with E-state index in [0.717, 1.165) is 6.20 Å². The maximum absolute atomic E-state index is 11.8. The van der Waals surface area contributed by atoms with E-state index in [1.54, 1.807) is 0 Å². The zero-order valence-corrected chi connectivity index (χ0v) is 8.94. The molecular weight excluding hydrogens is 332 g/mol. The first-order valence-electron chi connectivity index (χ1n) is 3.35. The first-order valence-corrected chi connectivity index (χ1v) is 4.43. The Morgan fingerprint density at radius 1 is 1.53 bits per heavy atom. The molecule has 1 heterocycles. The van der Waals surface area contributed by atoms with Gasteiger partial charge in [0.1, 0.15) is 0 Å². The fourth-order valence-corrected chi connectivity index (χ4v) is 1.23. The first-order chi connectivity index (χ1) is 6.79. The molecular formula is C6H2F3IN2O3. The van der Waals surface area contributed by atoms with Crippen molar-refractivity contribution in [1.82, 2.24) is 4.98 Å². The van der Waals surface area contributed by atoms with Gasteiger partial charge in [-0.25, -0.2) is 4.98 Å². The number of hydrogen-bond acceptors (Lipinski definition) is 4. The molecule has 0 saturated carbocycles. The van der Waals surface area contributed by atoms with Gasteiger partial charge in [0.2, 0.25) is 0 Å². The van der Waals surface area contributed by atoms with Crippen LogP contribution in [0, 0.1) is 13.8 Å². The molecule has 0 bridgehead atoms. The Bertz CT molecular complexity index is 396. The molecule has 5 nitrogen and oxygen atoms in total. The van der Waals surface area contributed by atoms with Crippen LogP contribution in [0.2, 0.25) is 0 Å². The van der Waals surface area contributed by atoms with Crippen LogP contribution in [0.25, 0.3) is 0 Å². The van der Waals surface area contributed by atoms with Gasteiger partial charge in [-0.05, 0) is 22.6 Å². The maximum atomic E-state index is 11.8. The van der Waals surface area contributed by atoms with E-state index in [1.165, 1.54) is 22.6 Å². The van der Waals surface area contributed by atoms with Gasteiger partial charge < -0.3 is 4.74 Å². The third-order valence-electron chi connectivity index (χ3n) is 1.23. The number of nitro groups is 1. The molecule has 0 aliphatic rings. The highest BCUT2D eigenvalue weighted by atomic mass is 127. The van der Waals surface area contributed by atoms with Crippen molar-refractivity contribution < 1.29 is 22.8 Å². The Labute approximate surface area is 94.5 Å². The topological polar surface area (TPSA) is 65.3 Å². The van der Waals surface area contributed by atoms with E-state index in [2.05, 4.69) is 9.72 Å². The molecule has 0 aromatic carbocycles. The Hall–Kier alpha value is -1.13. The summed E-state index contributed by atoms with van der Waals surface area (Å²) in [6, 6.07) is 0.669. The molecule has 0 aliphatic heterocycles. The predicted octanol–water partition coefficient (Wildman–Crippen LogP) is 2.49. The van der Waals surface area contributed by atoms with Gasteiger partial charge in [-0.2, -0.15) is 0 Å². The third kappa shape index (κ3) is 3.49. The van der Waals surface area contributed by atoms with Crippen molar-refractivity contribution in [2.24, 2.45) is 0 Å². The second kappa shape index (κ2) is 4.16. The fourth-order valence-electron chi connectivity index (χ4n) is 0.735. The number of hydrogen-bond donors (Lipinski definition) is 0. The van der Waals surface area contributed by atoms with Gasteiger partial charge in [0.25, 0.3) is 0 Å². The molecule has 0 radical (unpaired) electrons. The number of pyridine rings is 1. The minimum atomic E-state index is -4.89. The lowest BCUT2D eigenvalue weighted by molar-refractivity contribution is -0.386. The predicted molar refractivity (Wildman–Crippen MR) is 50.3 cm³/mol. The molecule has 0 saturated heterocycles. The van der Waals surface area contributed by atoms with E-state index in [-0.39, 0.29) is 3.70 Å². The highest BCUT2D eigenvalue weighted by Gasteiger charge is 2.32. The zero-order valence-electron chi connectivity index (χ0n) is 6.79. The summed E-state index contributed by atoms with van der Waals surface area (Å²) < 4.78 is 38.7. The maximum Gasteiger partial charge on any atom is 0.573 e. The van der Waals surface area contributed by atoms with Crippen molar-refractivity contribution in [2.75, 3.05) is 0 Å². The lowest BCUT2D eigenvalue weighted by atomic mass is 10.4. The molecule has 0 N–H and O–H groups in total. The van der Waals surface area contributed by atoms with Crippen LogP contribution in [0.1, 0.15) is 0 Å². The number of ether oxygens (including phenoxy) is 1. The van der Waals surface area contributed by atoms with E-state index >= 15 is 0 Å². The average Bonchev–Trinajstić information content (AvgIpc) is 2.05. The van der Waals surface area contributed by atoms with Gasteiger partial charge >= 0.3 is 12.0 Å². The molecule has 0 atom stereocenters. The molecule has 0 amide bonds. The minimum absolute atomic E-state index is 0.00729. The van der Waals surface area contributed by atoms with Gasteiger partial charge in [-0.1, -0.05) is 0 Å². The number of rotatable bonds is 2. The van der Waals surface area contributed by atoms with E-state index in [1.807, 2.05) is 0 Å². The second-order valence-corrected chi connectivity index (χ2v) is 3.31. The van der Waals surface area contributed by atoms with E-state index < -0.39 is 22.7 Å². The Balaban J connectivity index is 3.03. The molecule has 82 valence electrons. The van der Waals surface area contributed by atoms with Gasteiger partial charge in [0, 0.05) is 0 Å². The van der Waals surface area contributed by atoms with Crippen molar-refractivity contribution in [1.29, 1.82) is 0 Å². The van der Waals surface area contributed by atoms with Crippen molar-refractivity contribution in [3.05, 3.63) is 26.1 Å². The summed E-state index contributed by atoms with van der Waals surface area (Å²) in [5.41, 5.74) is -0.530. The molecule has 1 aromatic heterocycles. The van der Waals surface area contributed by atoms with Crippen molar-refractivity contribution >= 4 is 28.3 Å². The molecule has 9 heteroatoms. The van der Waals surface area contributed by atoms with Gasteiger partial charge in [0.15, 0.2) is 9.45 Å². The molecule has 0 spiro atoms. The highest BCUT2D eigenvalue weighted by Crippen LogP contribution is 2.27. The summed E-state index contributed by atoms with van der Waals surface area (Å²) >= 11 is 1.54. The first kappa shape index (κ1) is 11.9. The van der Waals surface area contributed by atoms with Crippen LogP contribution in [-0.4, -0.2) is 16.3 Å². The summed E-state index contributed by atoms with van der Waals surface area (Å²) in [4.78, 5) is 12.9. The Morgan fingerprint density at radius 3 is 2.60 bits per heavy atom. The number of alkyl halides is 3. The molecule has 1 aromatic rings. The van der Waals surface area contributed by atoms with Crippen molar-refractivity contribution in [3.63, 3.8) is 0 Å². The van der Waals surface area contributed by atoms with Crippen LogP contribution in [0.3, 0.4) is 0 Å². The van der Waals surface area contributed by atoms with Crippen molar-refractivity contribution in [3.8, 4) is 5.75 Å². The highest BCUT2D eigenvalue weighted by molar-refractivity contribution is 14.1. The lowest BCUT2D eigenvalue weighted by Gasteiger charge is -2.07. The fraction of sp³-hybridized carbons (Fsp3) is 0.167. The van der Waals surface area contributed by atoms with Gasteiger partial charge in [-0.3, -0.25) is 10.1 Å². The zero-order chi connectivity index (χ0) is 11.6. The second-order valence-electron chi connectivity index (χ2n) is 2.29. The standard InChI is InChI=1S/C6H2F3IN2O3/c7-6(8,9)15-3-1-4(12(13)14)5(10)11-2-3/h1-2H. The van der Waals surface area contributed by atoms with Crippen LogP contribution in [-0.2, 0) is 0 Å². The summed E-state index contributed by atoms with van der Waals surface area (Å²) in [5, 5.41) is 10.4. The number of nitrogens with zero attached hydrogens (tertiary/aromatic N) is 2. The van der Waals surface area contributed by atoms with E-state index in [0.29, 0.717) is 6.07 Å². The molecule has 1 rings (SSSR count). The largest absolute Gasteiger partial charge is 0.573 e. The summed E-state index contributed by atoms with van der Waals surface area (Å²) in [6.07, 6.45) is -4.12. The normalized spacial score (nSPS) is 11.2. The molecule has 0 unspecified atom stereocenters. The smallest absolute Gasteiger partial charge is 0.404 e. The Morgan fingerprint density at radius 2 is 2.13 bits per heavy atom. The molecule has 0 fully saturated rings. The van der Waals surface area contributed by atoms with Crippen LogP contribution < -0.4 is 4.74 Å². The van der Waals surface area contributed by atoms with Crippen LogP contribution in [0.4, 0.5) is 18.9 Å². The van der Waals surface area contributed by atoms with E-state index in [4.69, 9.17) is 0 Å². The molecule has 0 aliphatic carbocycles. The molecule has 15 heavy (non-hydrogen) atoms. The van der Waals surface area contributed by atoms with Gasteiger partial charge in [-0.15, -0.1) is 13.2 Å². The van der Waals surface area contributed by atoms with Crippen LogP contribution in [0.5, 0.6) is 5.75 Å². The minimum Gasteiger partial charge on any atom is -0.404 e. The lowest BCUT2D eigenvalue weighted by Crippen LogP contribution is -2.17. The Kier molecular flexibility index (Phi) is 3.31. The third-order valence-corrected chi connectivity index (χ3v) is 2.06. The number of aromatic nitrogens is 1. The van der Waals surface area contributed by atoms with Crippen LogP contribution >= 0.6 is 22.6 Å². The van der Waals surface area contributed by atoms with Crippen LogP contribution in [0.15, 0.2) is 12.3 Å². The average molecular weight is 334 g/mol. The summed E-state index contributed by atoms with van der Waals surface area (Å²) in [6.45, 7) is 0. The van der Waals surface area contributed by atoms with Gasteiger partial charge in [0.05, 0.1) is 17.2 Å². The van der Waals surface area contributed by atoms with Crippen molar-refractivity contribution in [2.45, 2.75) is 6.36 Å². The summed E-state index contributed by atoms with van der Waals surface area (Å²) in [5.74, 6) is -0.713. The SMILES string of the molecule is O=[N+]([O-])c1cc(OC(F)(F)F)cnc1I. The number of halogens is 4. The van der Waals surface area contributed by atoms with E-state index in [9.17, 15) is 23.3 Å². The monoisotopic (exact) mass is 334 g/mol. The quantitative estimate of drug-likeness (QED) is 0.361.